The highest BCUT2D eigenvalue weighted by atomic mass is 32.1. The van der Waals surface area contributed by atoms with Gasteiger partial charge in [0.2, 0.25) is 0 Å². The maximum Gasteiger partial charge on any atom is 0.0719 e. The lowest BCUT2D eigenvalue weighted by Gasteiger charge is -2.10. The number of fused-ring (bicyclic) bond motifs is 10. The van der Waals surface area contributed by atoms with Crippen molar-refractivity contribution in [3.8, 4) is 5.69 Å². The van der Waals surface area contributed by atoms with Crippen LogP contribution in [0.25, 0.3) is 69.2 Å². The summed E-state index contributed by atoms with van der Waals surface area (Å²) >= 11 is 1.90. The van der Waals surface area contributed by atoms with E-state index < -0.39 is 0 Å². The third-order valence-corrected chi connectivity index (χ3v) is 8.35. The molecule has 0 atom stereocenters. The summed E-state index contributed by atoms with van der Waals surface area (Å²) in [7, 11) is 0. The first-order valence-electron chi connectivity index (χ1n) is 11.6. The number of rotatable bonds is 1. The Kier molecular flexibility index (Phi) is 3.60. The highest BCUT2D eigenvalue weighted by Crippen LogP contribution is 2.44. The fourth-order valence-corrected chi connectivity index (χ4v) is 6.87. The van der Waals surface area contributed by atoms with Crippen LogP contribution in [0.3, 0.4) is 0 Å². The van der Waals surface area contributed by atoms with Crippen molar-refractivity contribution >= 4 is 74.9 Å². The van der Waals surface area contributed by atoms with Gasteiger partial charge in [0.1, 0.15) is 0 Å². The van der Waals surface area contributed by atoms with Gasteiger partial charge in [0.05, 0.1) is 15.7 Å². The predicted molar refractivity (Wildman–Crippen MR) is 149 cm³/mol. The van der Waals surface area contributed by atoms with Crippen molar-refractivity contribution in [2.45, 2.75) is 0 Å². The van der Waals surface area contributed by atoms with Gasteiger partial charge in [-0.2, -0.15) is 0 Å². The van der Waals surface area contributed by atoms with E-state index >= 15 is 0 Å². The van der Waals surface area contributed by atoms with Crippen LogP contribution >= 0.6 is 11.3 Å². The Morgan fingerprint density at radius 1 is 0.500 bits per heavy atom. The van der Waals surface area contributed by atoms with Crippen LogP contribution in [-0.2, 0) is 0 Å². The van der Waals surface area contributed by atoms with Gasteiger partial charge in [-0.3, -0.25) is 0 Å². The fourth-order valence-electron chi connectivity index (χ4n) is 5.63. The van der Waals surface area contributed by atoms with Gasteiger partial charge in [-0.25, -0.2) is 0 Å². The second kappa shape index (κ2) is 6.69. The van der Waals surface area contributed by atoms with Gasteiger partial charge in [-0.05, 0) is 45.8 Å². The van der Waals surface area contributed by atoms with Gasteiger partial charge in [0.25, 0.3) is 0 Å². The third kappa shape index (κ3) is 2.38. The van der Waals surface area contributed by atoms with E-state index in [1.165, 1.54) is 69.2 Å². The molecule has 2 heteroatoms. The molecule has 0 aliphatic heterocycles. The molecule has 8 aromatic rings. The molecule has 0 radical (unpaired) electrons. The van der Waals surface area contributed by atoms with Crippen molar-refractivity contribution in [1.82, 2.24) is 4.57 Å². The van der Waals surface area contributed by atoms with E-state index in [0.717, 1.165) is 0 Å². The Bertz CT molecular complexity index is 2070. The molecule has 0 aliphatic carbocycles. The summed E-state index contributed by atoms with van der Waals surface area (Å²) in [6, 6.07) is 42.2. The Hall–Kier alpha value is -4.14. The molecule has 0 unspecified atom stereocenters. The monoisotopic (exact) mass is 449 g/mol. The summed E-state index contributed by atoms with van der Waals surface area (Å²) in [5.74, 6) is 0. The number of hydrogen-bond acceptors (Lipinski definition) is 1. The molecule has 0 saturated carbocycles. The summed E-state index contributed by atoms with van der Waals surface area (Å²) in [5, 5.41) is 10.4. The number of thiophene rings is 1. The molecule has 2 heterocycles. The average molecular weight is 450 g/mol. The Morgan fingerprint density at radius 2 is 1.21 bits per heavy atom. The molecule has 2 aromatic heterocycles. The highest BCUT2D eigenvalue weighted by Gasteiger charge is 2.19. The molecule has 0 spiro atoms. The minimum atomic E-state index is 1.21. The van der Waals surface area contributed by atoms with E-state index in [9.17, 15) is 0 Å². The van der Waals surface area contributed by atoms with Crippen molar-refractivity contribution < 1.29 is 0 Å². The Morgan fingerprint density at radius 3 is 2.12 bits per heavy atom. The van der Waals surface area contributed by atoms with Crippen molar-refractivity contribution in [2.75, 3.05) is 0 Å². The molecule has 8 rings (SSSR count). The molecule has 1 nitrogen and oxygen atoms in total. The lowest BCUT2D eigenvalue weighted by molar-refractivity contribution is 1.19. The second-order valence-corrected chi connectivity index (χ2v) is 10.0. The molecular weight excluding hydrogens is 430 g/mol. The Balaban J connectivity index is 1.64. The van der Waals surface area contributed by atoms with Gasteiger partial charge in [0, 0.05) is 31.9 Å². The van der Waals surface area contributed by atoms with E-state index in [-0.39, 0.29) is 0 Å². The zero-order valence-corrected chi connectivity index (χ0v) is 19.1. The quantitative estimate of drug-likeness (QED) is 0.235. The molecular formula is C32H19NS. The van der Waals surface area contributed by atoms with Crippen molar-refractivity contribution in [3.05, 3.63) is 115 Å². The smallest absolute Gasteiger partial charge is 0.0719 e. The van der Waals surface area contributed by atoms with E-state index in [4.69, 9.17) is 0 Å². The van der Waals surface area contributed by atoms with E-state index in [1.807, 2.05) is 11.3 Å². The average Bonchev–Trinajstić information content (AvgIpc) is 3.44. The number of nitrogens with zero attached hydrogens (tertiary/aromatic N) is 1. The van der Waals surface area contributed by atoms with Crippen molar-refractivity contribution in [3.63, 3.8) is 0 Å². The van der Waals surface area contributed by atoms with E-state index in [0.29, 0.717) is 0 Å². The first-order valence-corrected chi connectivity index (χ1v) is 12.4. The molecule has 6 aromatic carbocycles. The zero-order chi connectivity index (χ0) is 22.2. The molecule has 34 heavy (non-hydrogen) atoms. The van der Waals surface area contributed by atoms with Gasteiger partial charge in [-0.15, -0.1) is 11.3 Å². The first kappa shape index (κ1) is 18.3. The van der Waals surface area contributed by atoms with Crippen molar-refractivity contribution in [1.29, 1.82) is 0 Å². The summed E-state index contributed by atoms with van der Waals surface area (Å²) in [6.07, 6.45) is 0. The fraction of sp³-hybridized carbons (Fsp3) is 0. The maximum atomic E-state index is 2.49. The minimum absolute atomic E-state index is 1.21. The van der Waals surface area contributed by atoms with Gasteiger partial charge >= 0.3 is 0 Å². The van der Waals surface area contributed by atoms with Crippen LogP contribution in [0, 0.1) is 0 Å². The molecule has 0 bridgehead atoms. The summed E-state index contributed by atoms with van der Waals surface area (Å²) in [6.45, 7) is 0. The zero-order valence-electron chi connectivity index (χ0n) is 18.3. The molecule has 0 saturated heterocycles. The number of aromatic nitrogens is 1. The summed E-state index contributed by atoms with van der Waals surface area (Å²) in [4.78, 5) is 0. The van der Waals surface area contributed by atoms with Crippen LogP contribution in [-0.4, -0.2) is 4.57 Å². The van der Waals surface area contributed by atoms with Gasteiger partial charge in [0.15, 0.2) is 0 Å². The highest BCUT2D eigenvalue weighted by molar-refractivity contribution is 7.26. The van der Waals surface area contributed by atoms with Crippen LogP contribution < -0.4 is 0 Å². The maximum absolute atomic E-state index is 2.49. The van der Waals surface area contributed by atoms with E-state index in [2.05, 4.69) is 120 Å². The minimum Gasteiger partial charge on any atom is -0.308 e. The summed E-state index contributed by atoms with van der Waals surface area (Å²) < 4.78 is 5.18. The Labute approximate surface area is 200 Å². The van der Waals surface area contributed by atoms with Crippen molar-refractivity contribution in [2.24, 2.45) is 0 Å². The van der Waals surface area contributed by atoms with Crippen LogP contribution in [0.2, 0.25) is 0 Å². The second-order valence-electron chi connectivity index (χ2n) is 8.98. The van der Waals surface area contributed by atoms with E-state index in [1.54, 1.807) is 0 Å². The topological polar surface area (TPSA) is 4.93 Å². The molecule has 0 fully saturated rings. The van der Waals surface area contributed by atoms with Gasteiger partial charge in [-0.1, -0.05) is 91.0 Å². The lowest BCUT2D eigenvalue weighted by atomic mass is 10.0. The number of hydrogen-bond donors (Lipinski definition) is 0. The standard InChI is InChI=1S/C32H19NS/c1-2-9-22-19-23(15-13-20(22)7-1)33-28-18-14-21-8-3-4-10-24(21)30(28)27-17-16-26-25-11-5-6-12-29(25)34-32(26)31(27)33/h1-19H. The summed E-state index contributed by atoms with van der Waals surface area (Å²) in [5.41, 5.74) is 3.77. The predicted octanol–water partition coefficient (Wildman–Crippen LogP) is 9.46. The molecule has 158 valence electrons. The largest absolute Gasteiger partial charge is 0.308 e. The number of benzene rings is 6. The lowest BCUT2D eigenvalue weighted by Crippen LogP contribution is -1.94. The molecule has 0 amide bonds. The molecule has 0 N–H and O–H groups in total. The van der Waals surface area contributed by atoms with Gasteiger partial charge < -0.3 is 4.57 Å². The van der Waals surface area contributed by atoms with Crippen LogP contribution in [0.4, 0.5) is 0 Å². The SMILES string of the molecule is c1ccc2cc(-n3c4ccc5ccccc5c4c4ccc5c6ccccc6sc5c43)ccc2c1. The van der Waals surface area contributed by atoms with Crippen LogP contribution in [0.5, 0.6) is 0 Å². The van der Waals surface area contributed by atoms with Crippen LogP contribution in [0.15, 0.2) is 115 Å². The van der Waals surface area contributed by atoms with Crippen LogP contribution in [0.1, 0.15) is 0 Å². The first-order chi connectivity index (χ1) is 16.9. The normalized spacial score (nSPS) is 12.1. The third-order valence-electron chi connectivity index (χ3n) is 7.15. The molecule has 0 aliphatic rings.